The van der Waals surface area contributed by atoms with Gasteiger partial charge in [0.2, 0.25) is 5.91 Å². The summed E-state index contributed by atoms with van der Waals surface area (Å²) in [7, 11) is 0. The number of nitrogens with zero attached hydrogens (tertiary/aromatic N) is 2. The Morgan fingerprint density at radius 2 is 1.50 bits per heavy atom. The molecule has 2 amide bonds. The van der Waals surface area contributed by atoms with Crippen molar-refractivity contribution < 1.29 is 14.7 Å². The van der Waals surface area contributed by atoms with Gasteiger partial charge in [-0.15, -0.1) is 0 Å². The molecule has 0 saturated heterocycles. The van der Waals surface area contributed by atoms with Gasteiger partial charge in [0.25, 0.3) is 5.91 Å². The first-order valence-electron chi connectivity index (χ1n) is 7.27. The minimum absolute atomic E-state index is 0.0153. The molecule has 0 bridgehead atoms. The van der Waals surface area contributed by atoms with Gasteiger partial charge in [0.15, 0.2) is 5.75 Å². The third-order valence-corrected chi connectivity index (χ3v) is 4.48. The van der Waals surface area contributed by atoms with Crippen molar-refractivity contribution in [2.75, 3.05) is 22.9 Å². The predicted octanol–water partition coefficient (Wildman–Crippen LogP) is 3.71. The Balaban J connectivity index is 2.02. The van der Waals surface area contributed by atoms with E-state index in [0.717, 1.165) is 0 Å². The van der Waals surface area contributed by atoms with Crippen molar-refractivity contribution in [1.82, 2.24) is 0 Å². The number of phenols is 1. The molecule has 0 spiro atoms. The molecule has 0 radical (unpaired) electrons. The van der Waals surface area contributed by atoms with Crippen molar-refractivity contribution in [3.63, 3.8) is 0 Å². The van der Waals surface area contributed by atoms with Gasteiger partial charge in [-0.3, -0.25) is 9.59 Å². The molecule has 3 rings (SSSR count). The Kier molecular flexibility index (Phi) is 4.39. The van der Waals surface area contributed by atoms with E-state index in [4.69, 9.17) is 23.2 Å². The highest BCUT2D eigenvalue weighted by Crippen LogP contribution is 2.36. The van der Waals surface area contributed by atoms with E-state index in [-0.39, 0.29) is 33.2 Å². The zero-order valence-electron chi connectivity index (χ0n) is 12.8. The van der Waals surface area contributed by atoms with E-state index in [1.807, 2.05) is 6.07 Å². The van der Waals surface area contributed by atoms with Gasteiger partial charge in [0, 0.05) is 25.6 Å². The number of carbonyl (C=O) groups excluding carboxylic acids is 2. The van der Waals surface area contributed by atoms with E-state index in [2.05, 4.69) is 0 Å². The summed E-state index contributed by atoms with van der Waals surface area (Å²) in [5, 5.41) is 9.67. The number of fused-ring (bicyclic) bond motifs is 1. The Bertz CT molecular complexity index is 815. The molecule has 24 heavy (non-hydrogen) atoms. The smallest absolute Gasteiger partial charge is 0.258 e. The van der Waals surface area contributed by atoms with E-state index in [1.165, 1.54) is 19.1 Å². The lowest BCUT2D eigenvalue weighted by atomic mass is 10.1. The van der Waals surface area contributed by atoms with Gasteiger partial charge in [0.1, 0.15) is 0 Å². The Labute approximate surface area is 149 Å². The van der Waals surface area contributed by atoms with Crippen LogP contribution < -0.4 is 9.80 Å². The molecule has 1 aliphatic heterocycles. The zero-order chi connectivity index (χ0) is 17.4. The zero-order valence-corrected chi connectivity index (χ0v) is 14.3. The van der Waals surface area contributed by atoms with Crippen molar-refractivity contribution in [2.24, 2.45) is 0 Å². The quantitative estimate of drug-likeness (QED) is 0.838. The number of hydrogen-bond acceptors (Lipinski definition) is 3. The van der Waals surface area contributed by atoms with Crippen LogP contribution in [0.15, 0.2) is 36.4 Å². The minimum Gasteiger partial charge on any atom is -0.505 e. The molecule has 0 aliphatic carbocycles. The molecule has 0 fully saturated rings. The van der Waals surface area contributed by atoms with Crippen LogP contribution >= 0.6 is 23.2 Å². The van der Waals surface area contributed by atoms with Gasteiger partial charge < -0.3 is 14.9 Å². The average Bonchev–Trinajstić information content (AvgIpc) is 2.57. The van der Waals surface area contributed by atoms with Gasteiger partial charge >= 0.3 is 0 Å². The maximum atomic E-state index is 12.9. The summed E-state index contributed by atoms with van der Waals surface area (Å²) in [6, 6.07) is 9.96. The first kappa shape index (κ1) is 16.6. The highest BCUT2D eigenvalue weighted by molar-refractivity contribution is 6.37. The number of phenolic OH excluding ortho intramolecular Hbond substituents is 1. The highest BCUT2D eigenvalue weighted by atomic mass is 35.5. The van der Waals surface area contributed by atoms with E-state index < -0.39 is 0 Å². The highest BCUT2D eigenvalue weighted by Gasteiger charge is 2.29. The van der Waals surface area contributed by atoms with Gasteiger partial charge in [-0.2, -0.15) is 0 Å². The molecule has 0 saturated carbocycles. The van der Waals surface area contributed by atoms with Crippen molar-refractivity contribution in [3.05, 3.63) is 52.0 Å². The average molecular weight is 365 g/mol. The van der Waals surface area contributed by atoms with Gasteiger partial charge in [-0.05, 0) is 24.3 Å². The number of para-hydroxylation sites is 2. The topological polar surface area (TPSA) is 60.9 Å². The summed E-state index contributed by atoms with van der Waals surface area (Å²) in [6.07, 6.45) is 0. The molecule has 2 aromatic carbocycles. The summed E-state index contributed by atoms with van der Waals surface area (Å²) < 4.78 is 0. The van der Waals surface area contributed by atoms with E-state index >= 15 is 0 Å². The molecular weight excluding hydrogens is 351 g/mol. The normalized spacial score (nSPS) is 13.6. The van der Waals surface area contributed by atoms with E-state index in [0.29, 0.717) is 24.5 Å². The standard InChI is InChI=1S/C17H14Cl2N2O3/c1-10(22)20-6-7-21(15-5-3-2-4-14(15)20)17(24)11-8-12(18)16(23)13(19)9-11/h2-5,8-9,23H,6-7H2,1H3. The van der Waals surface area contributed by atoms with Crippen LogP contribution in [-0.2, 0) is 4.79 Å². The molecule has 0 aromatic heterocycles. The molecule has 0 atom stereocenters. The predicted molar refractivity (Wildman–Crippen MR) is 94.3 cm³/mol. The van der Waals surface area contributed by atoms with Crippen LogP contribution in [0.5, 0.6) is 5.75 Å². The lowest BCUT2D eigenvalue weighted by molar-refractivity contribution is -0.116. The number of amides is 2. The second kappa shape index (κ2) is 6.34. The monoisotopic (exact) mass is 364 g/mol. The Hall–Kier alpha value is -2.24. The number of rotatable bonds is 1. The maximum absolute atomic E-state index is 12.9. The van der Waals surface area contributed by atoms with Crippen LogP contribution in [0.25, 0.3) is 0 Å². The maximum Gasteiger partial charge on any atom is 0.258 e. The van der Waals surface area contributed by atoms with Crippen LogP contribution in [0.3, 0.4) is 0 Å². The Morgan fingerprint density at radius 3 is 2.04 bits per heavy atom. The van der Waals surface area contributed by atoms with Crippen molar-refractivity contribution in [3.8, 4) is 5.75 Å². The third-order valence-electron chi connectivity index (χ3n) is 3.90. The molecular formula is C17H14Cl2N2O3. The van der Waals surface area contributed by atoms with Crippen LogP contribution in [-0.4, -0.2) is 30.0 Å². The molecule has 1 heterocycles. The van der Waals surface area contributed by atoms with Gasteiger partial charge in [-0.25, -0.2) is 0 Å². The first-order valence-corrected chi connectivity index (χ1v) is 8.02. The van der Waals surface area contributed by atoms with Crippen LogP contribution in [0.1, 0.15) is 17.3 Å². The van der Waals surface area contributed by atoms with Gasteiger partial charge in [-0.1, -0.05) is 35.3 Å². The number of benzene rings is 2. The van der Waals surface area contributed by atoms with Crippen molar-refractivity contribution in [2.45, 2.75) is 6.92 Å². The lowest BCUT2D eigenvalue weighted by Crippen LogP contribution is -2.45. The summed E-state index contributed by atoms with van der Waals surface area (Å²) >= 11 is 11.8. The van der Waals surface area contributed by atoms with Crippen LogP contribution in [0.2, 0.25) is 10.0 Å². The fraction of sp³-hybridized carbons (Fsp3) is 0.176. The molecule has 7 heteroatoms. The van der Waals surface area contributed by atoms with E-state index in [9.17, 15) is 14.7 Å². The molecule has 0 unspecified atom stereocenters. The second-order valence-electron chi connectivity index (χ2n) is 5.40. The third kappa shape index (κ3) is 2.81. The minimum atomic E-state index is -0.297. The molecule has 2 aromatic rings. The SMILES string of the molecule is CC(=O)N1CCN(C(=O)c2cc(Cl)c(O)c(Cl)c2)c2ccccc21. The number of hydrogen-bond donors (Lipinski definition) is 1. The summed E-state index contributed by atoms with van der Waals surface area (Å²) in [5.74, 6) is -0.628. The number of anilines is 2. The number of carbonyl (C=O) groups is 2. The summed E-state index contributed by atoms with van der Waals surface area (Å²) in [4.78, 5) is 27.9. The second-order valence-corrected chi connectivity index (χ2v) is 6.22. The lowest BCUT2D eigenvalue weighted by Gasteiger charge is -2.36. The fourth-order valence-corrected chi connectivity index (χ4v) is 3.23. The Morgan fingerprint density at radius 1 is 1.00 bits per heavy atom. The molecule has 124 valence electrons. The molecule has 1 N–H and O–H groups in total. The largest absolute Gasteiger partial charge is 0.505 e. The summed E-state index contributed by atoms with van der Waals surface area (Å²) in [5.41, 5.74) is 1.60. The fourth-order valence-electron chi connectivity index (χ4n) is 2.74. The number of halogens is 2. The van der Waals surface area contributed by atoms with Crippen LogP contribution in [0.4, 0.5) is 11.4 Å². The molecule has 5 nitrogen and oxygen atoms in total. The van der Waals surface area contributed by atoms with Crippen molar-refractivity contribution in [1.29, 1.82) is 0 Å². The molecule has 1 aliphatic rings. The van der Waals surface area contributed by atoms with E-state index in [1.54, 1.807) is 28.0 Å². The first-order chi connectivity index (χ1) is 11.4. The van der Waals surface area contributed by atoms with Gasteiger partial charge in [0.05, 0.1) is 21.4 Å². The number of aromatic hydroxyl groups is 1. The van der Waals surface area contributed by atoms with Crippen molar-refractivity contribution >= 4 is 46.4 Å². The summed E-state index contributed by atoms with van der Waals surface area (Å²) in [6.45, 7) is 2.25. The van der Waals surface area contributed by atoms with Crippen LogP contribution in [0, 0.1) is 0 Å².